The van der Waals surface area contributed by atoms with E-state index in [4.69, 9.17) is 4.42 Å². The molecule has 116 valence electrons. The summed E-state index contributed by atoms with van der Waals surface area (Å²) in [6, 6.07) is 0. The van der Waals surface area contributed by atoms with Crippen molar-refractivity contribution in [2.24, 2.45) is 0 Å². The van der Waals surface area contributed by atoms with Gasteiger partial charge in [-0.1, -0.05) is 18.7 Å². The third kappa shape index (κ3) is 3.56. The summed E-state index contributed by atoms with van der Waals surface area (Å²) in [6.45, 7) is 6.10. The second kappa shape index (κ2) is 6.89. The minimum atomic E-state index is 0.551. The molecule has 0 radical (unpaired) electrons. The summed E-state index contributed by atoms with van der Waals surface area (Å²) in [5.41, 5.74) is 2.01. The summed E-state index contributed by atoms with van der Waals surface area (Å²) in [5, 5.41) is 13.1. The van der Waals surface area contributed by atoms with Gasteiger partial charge in [0.1, 0.15) is 4.88 Å². The number of aromatic nitrogens is 4. The maximum atomic E-state index is 5.73. The second-order valence-electron chi connectivity index (χ2n) is 4.79. The van der Waals surface area contributed by atoms with Gasteiger partial charge in [0.05, 0.1) is 21.4 Å². The minimum absolute atomic E-state index is 0.551. The van der Waals surface area contributed by atoms with Gasteiger partial charge in [0.2, 0.25) is 0 Å². The predicted octanol–water partition coefficient (Wildman–Crippen LogP) is 4.51. The standard InChI is InChI=1S/C14H16N4OS3/c1-4-5-11-16-10(6-20-11)7-21-14-18-17-13(19-14)12-8(2)15-9(3)22-12/h6H,4-5,7H2,1-3H3. The van der Waals surface area contributed by atoms with Crippen molar-refractivity contribution in [1.82, 2.24) is 20.2 Å². The van der Waals surface area contributed by atoms with Crippen LogP contribution in [0.1, 0.15) is 34.7 Å². The van der Waals surface area contributed by atoms with Crippen molar-refractivity contribution >= 4 is 34.4 Å². The van der Waals surface area contributed by atoms with Crippen molar-refractivity contribution in [2.75, 3.05) is 0 Å². The molecule has 3 aromatic rings. The number of thiazole rings is 2. The largest absolute Gasteiger partial charge is 0.410 e. The summed E-state index contributed by atoms with van der Waals surface area (Å²) < 4.78 is 5.73. The normalized spacial score (nSPS) is 11.2. The van der Waals surface area contributed by atoms with Crippen LogP contribution in [0.15, 0.2) is 15.0 Å². The molecule has 0 aliphatic rings. The first-order valence-electron chi connectivity index (χ1n) is 6.99. The summed E-state index contributed by atoms with van der Waals surface area (Å²) in [5.74, 6) is 1.30. The first-order chi connectivity index (χ1) is 10.7. The zero-order valence-corrected chi connectivity index (χ0v) is 15.1. The van der Waals surface area contributed by atoms with Crippen LogP contribution >= 0.6 is 34.4 Å². The van der Waals surface area contributed by atoms with E-state index in [2.05, 4.69) is 32.5 Å². The van der Waals surface area contributed by atoms with Crippen LogP contribution in [0.4, 0.5) is 0 Å². The van der Waals surface area contributed by atoms with Gasteiger partial charge in [-0.25, -0.2) is 9.97 Å². The number of thioether (sulfide) groups is 1. The van der Waals surface area contributed by atoms with E-state index >= 15 is 0 Å². The highest BCUT2D eigenvalue weighted by Gasteiger charge is 2.15. The van der Waals surface area contributed by atoms with E-state index in [1.165, 1.54) is 16.8 Å². The monoisotopic (exact) mass is 352 g/mol. The minimum Gasteiger partial charge on any atom is -0.410 e. The van der Waals surface area contributed by atoms with E-state index in [0.29, 0.717) is 11.1 Å². The Balaban J connectivity index is 1.65. The summed E-state index contributed by atoms with van der Waals surface area (Å²) in [4.78, 5) is 9.94. The molecule has 22 heavy (non-hydrogen) atoms. The van der Waals surface area contributed by atoms with E-state index in [1.807, 2.05) is 13.8 Å². The fourth-order valence-electron chi connectivity index (χ4n) is 1.97. The molecule has 3 rings (SSSR count). The quantitative estimate of drug-likeness (QED) is 0.608. The van der Waals surface area contributed by atoms with Crippen LogP contribution < -0.4 is 0 Å². The summed E-state index contributed by atoms with van der Waals surface area (Å²) in [6.07, 6.45) is 2.17. The number of nitrogens with zero attached hydrogens (tertiary/aromatic N) is 4. The smallest absolute Gasteiger partial charge is 0.277 e. The molecule has 5 nitrogen and oxygen atoms in total. The van der Waals surface area contributed by atoms with E-state index in [-0.39, 0.29) is 0 Å². The van der Waals surface area contributed by atoms with Crippen molar-refractivity contribution in [2.45, 2.75) is 44.6 Å². The molecule has 0 atom stereocenters. The van der Waals surface area contributed by atoms with E-state index in [1.54, 1.807) is 22.7 Å². The SMILES string of the molecule is CCCc1nc(CSc2nnc(-c3sc(C)nc3C)o2)cs1. The lowest BCUT2D eigenvalue weighted by Gasteiger charge is -1.93. The molecule has 0 N–H and O–H groups in total. The first kappa shape index (κ1) is 15.6. The van der Waals surface area contributed by atoms with Crippen LogP contribution in [0, 0.1) is 13.8 Å². The maximum Gasteiger partial charge on any atom is 0.277 e. The fraction of sp³-hybridized carbons (Fsp3) is 0.429. The van der Waals surface area contributed by atoms with Gasteiger partial charge >= 0.3 is 0 Å². The third-order valence-corrected chi connectivity index (χ3v) is 5.78. The highest BCUT2D eigenvalue weighted by atomic mass is 32.2. The molecule has 8 heteroatoms. The van der Waals surface area contributed by atoms with Gasteiger partial charge < -0.3 is 4.42 Å². The molecule has 3 aromatic heterocycles. The Morgan fingerprint density at radius 1 is 1.23 bits per heavy atom. The zero-order valence-electron chi connectivity index (χ0n) is 12.6. The molecule has 0 aliphatic heterocycles. The van der Waals surface area contributed by atoms with Crippen LogP contribution in [-0.4, -0.2) is 20.2 Å². The van der Waals surface area contributed by atoms with Gasteiger partial charge in [0.25, 0.3) is 11.1 Å². The van der Waals surface area contributed by atoms with Gasteiger partial charge in [-0.05, 0) is 26.7 Å². The lowest BCUT2D eigenvalue weighted by atomic mass is 10.3. The van der Waals surface area contributed by atoms with Crippen molar-refractivity contribution in [3.63, 3.8) is 0 Å². The van der Waals surface area contributed by atoms with E-state index in [9.17, 15) is 0 Å². The Morgan fingerprint density at radius 2 is 2.09 bits per heavy atom. The van der Waals surface area contributed by atoms with Gasteiger partial charge in [-0.2, -0.15) is 0 Å². The van der Waals surface area contributed by atoms with Crippen molar-refractivity contribution in [3.05, 3.63) is 26.8 Å². The van der Waals surface area contributed by atoms with Gasteiger partial charge in [-0.15, -0.1) is 32.9 Å². The lowest BCUT2D eigenvalue weighted by Crippen LogP contribution is -1.84. The molecule has 0 fully saturated rings. The Kier molecular flexibility index (Phi) is 4.90. The average molecular weight is 353 g/mol. The second-order valence-corrected chi connectivity index (χ2v) is 7.86. The fourth-order valence-corrected chi connectivity index (χ4v) is 4.47. The highest BCUT2D eigenvalue weighted by Crippen LogP contribution is 2.31. The van der Waals surface area contributed by atoms with Crippen LogP contribution in [0.2, 0.25) is 0 Å². The molecular weight excluding hydrogens is 336 g/mol. The topological polar surface area (TPSA) is 64.7 Å². The number of aryl methyl sites for hydroxylation is 3. The van der Waals surface area contributed by atoms with Gasteiger partial charge in [0, 0.05) is 11.1 Å². The Labute approximate surface area is 141 Å². The predicted molar refractivity (Wildman–Crippen MR) is 90.6 cm³/mol. The van der Waals surface area contributed by atoms with Crippen LogP contribution in [0.3, 0.4) is 0 Å². The molecule has 0 saturated carbocycles. The molecule has 0 saturated heterocycles. The lowest BCUT2D eigenvalue weighted by molar-refractivity contribution is 0.466. The Morgan fingerprint density at radius 3 is 2.82 bits per heavy atom. The Bertz CT molecular complexity index is 762. The van der Waals surface area contributed by atoms with Crippen LogP contribution in [0.5, 0.6) is 0 Å². The zero-order chi connectivity index (χ0) is 15.5. The van der Waals surface area contributed by atoms with Gasteiger partial charge in [0.15, 0.2) is 0 Å². The molecule has 0 bridgehead atoms. The molecule has 3 heterocycles. The first-order valence-corrected chi connectivity index (χ1v) is 9.68. The van der Waals surface area contributed by atoms with E-state index in [0.717, 1.165) is 39.9 Å². The number of hydrogen-bond donors (Lipinski definition) is 0. The van der Waals surface area contributed by atoms with Crippen LogP contribution in [-0.2, 0) is 12.2 Å². The third-order valence-electron chi connectivity index (χ3n) is 2.91. The van der Waals surface area contributed by atoms with Crippen molar-refractivity contribution in [1.29, 1.82) is 0 Å². The van der Waals surface area contributed by atoms with Gasteiger partial charge in [-0.3, -0.25) is 0 Å². The van der Waals surface area contributed by atoms with Crippen molar-refractivity contribution < 1.29 is 4.42 Å². The van der Waals surface area contributed by atoms with Crippen molar-refractivity contribution in [3.8, 4) is 10.8 Å². The van der Waals surface area contributed by atoms with Crippen LogP contribution in [0.25, 0.3) is 10.8 Å². The summed E-state index contributed by atoms with van der Waals surface area (Å²) >= 11 is 4.82. The molecule has 0 amide bonds. The highest BCUT2D eigenvalue weighted by molar-refractivity contribution is 7.98. The maximum absolute atomic E-state index is 5.73. The number of rotatable bonds is 6. The average Bonchev–Trinajstić information content (AvgIpc) is 3.17. The molecule has 0 aromatic carbocycles. The molecular formula is C14H16N4OS3. The Hall–Kier alpha value is -1.25. The molecule has 0 aliphatic carbocycles. The molecule has 0 spiro atoms. The molecule has 0 unspecified atom stereocenters. The number of hydrogen-bond acceptors (Lipinski definition) is 8. The summed E-state index contributed by atoms with van der Waals surface area (Å²) in [7, 11) is 0. The van der Waals surface area contributed by atoms with E-state index < -0.39 is 0 Å².